The molecule has 0 heterocycles. The Labute approximate surface area is 134 Å². The third-order valence-corrected chi connectivity index (χ3v) is 3.45. The molecule has 0 bridgehead atoms. The van der Waals surface area contributed by atoms with Gasteiger partial charge < -0.3 is 4.74 Å². The first-order valence-electron chi connectivity index (χ1n) is 7.11. The van der Waals surface area contributed by atoms with Gasteiger partial charge in [0, 0.05) is 5.56 Å². The number of carbonyl (C=O) groups is 3. The van der Waals surface area contributed by atoms with Crippen LogP contribution in [0, 0.1) is 13.8 Å². The molecular formula is C18H17NO4. The highest BCUT2D eigenvalue weighted by Gasteiger charge is 2.15. The lowest BCUT2D eigenvalue weighted by Gasteiger charge is -2.09. The van der Waals surface area contributed by atoms with Crippen molar-refractivity contribution in [1.82, 2.24) is 5.32 Å². The molecule has 1 N–H and O–H groups in total. The number of aryl methyl sites for hydroxylation is 1. The molecule has 0 unspecified atom stereocenters. The van der Waals surface area contributed by atoms with Crippen molar-refractivity contribution in [1.29, 1.82) is 0 Å². The quantitative estimate of drug-likeness (QED) is 0.880. The van der Waals surface area contributed by atoms with Gasteiger partial charge in [0.1, 0.15) is 0 Å². The Kier molecular flexibility index (Phi) is 5.25. The first-order chi connectivity index (χ1) is 11.0. The van der Waals surface area contributed by atoms with E-state index in [9.17, 15) is 14.4 Å². The summed E-state index contributed by atoms with van der Waals surface area (Å²) >= 11 is 0. The van der Waals surface area contributed by atoms with Gasteiger partial charge in [-0.05, 0) is 43.2 Å². The average molecular weight is 311 g/mol. The number of ether oxygens (including phenoxy) is 1. The maximum atomic E-state index is 12.0. The summed E-state index contributed by atoms with van der Waals surface area (Å²) in [5.74, 6) is -1.79. The molecule has 0 aliphatic carbocycles. The lowest BCUT2D eigenvalue weighted by molar-refractivity contribution is -0.123. The zero-order valence-corrected chi connectivity index (χ0v) is 13.0. The SMILES string of the molecule is Cc1cccc(C(=O)OCC(=O)NC(=O)c2ccccc2)c1C. The molecule has 0 aromatic heterocycles. The molecule has 23 heavy (non-hydrogen) atoms. The Morgan fingerprint density at radius 3 is 2.35 bits per heavy atom. The normalized spacial score (nSPS) is 10.0. The number of amides is 2. The van der Waals surface area contributed by atoms with Crippen molar-refractivity contribution in [2.24, 2.45) is 0 Å². The summed E-state index contributed by atoms with van der Waals surface area (Å²) < 4.78 is 4.96. The van der Waals surface area contributed by atoms with E-state index in [-0.39, 0.29) is 0 Å². The molecule has 118 valence electrons. The van der Waals surface area contributed by atoms with Crippen molar-refractivity contribution < 1.29 is 19.1 Å². The molecule has 0 aliphatic heterocycles. The highest BCUT2D eigenvalue weighted by molar-refractivity contribution is 6.05. The van der Waals surface area contributed by atoms with Crippen molar-refractivity contribution in [3.63, 3.8) is 0 Å². The molecule has 5 heteroatoms. The maximum Gasteiger partial charge on any atom is 0.338 e. The molecule has 2 rings (SSSR count). The third kappa shape index (κ3) is 4.26. The fraction of sp³-hybridized carbons (Fsp3) is 0.167. The molecule has 5 nitrogen and oxygen atoms in total. The zero-order chi connectivity index (χ0) is 16.8. The summed E-state index contributed by atoms with van der Waals surface area (Å²) in [6.07, 6.45) is 0. The zero-order valence-electron chi connectivity index (χ0n) is 13.0. The smallest absolute Gasteiger partial charge is 0.338 e. The van der Waals surface area contributed by atoms with Crippen LogP contribution in [-0.4, -0.2) is 24.4 Å². The van der Waals surface area contributed by atoms with E-state index in [0.717, 1.165) is 11.1 Å². The first kappa shape index (κ1) is 16.4. The maximum absolute atomic E-state index is 12.0. The second-order valence-corrected chi connectivity index (χ2v) is 5.07. The lowest BCUT2D eigenvalue weighted by atomic mass is 10.0. The molecule has 0 saturated carbocycles. The molecule has 0 fully saturated rings. The van der Waals surface area contributed by atoms with E-state index in [1.165, 1.54) is 0 Å². The number of carbonyl (C=O) groups excluding carboxylic acids is 3. The second kappa shape index (κ2) is 7.35. The van der Waals surface area contributed by atoms with Crippen LogP contribution in [0.4, 0.5) is 0 Å². The highest BCUT2D eigenvalue weighted by atomic mass is 16.5. The van der Waals surface area contributed by atoms with Gasteiger partial charge in [-0.2, -0.15) is 0 Å². The van der Waals surface area contributed by atoms with Crippen LogP contribution in [-0.2, 0) is 9.53 Å². The van der Waals surface area contributed by atoms with Gasteiger partial charge >= 0.3 is 5.97 Å². The minimum Gasteiger partial charge on any atom is -0.452 e. The van der Waals surface area contributed by atoms with Crippen LogP contribution < -0.4 is 5.32 Å². The average Bonchev–Trinajstić information content (AvgIpc) is 2.56. The van der Waals surface area contributed by atoms with Crippen molar-refractivity contribution in [2.45, 2.75) is 13.8 Å². The van der Waals surface area contributed by atoms with E-state index in [1.54, 1.807) is 42.5 Å². The lowest BCUT2D eigenvalue weighted by Crippen LogP contribution is -2.34. The van der Waals surface area contributed by atoms with Gasteiger partial charge in [0.2, 0.25) is 0 Å². The highest BCUT2D eigenvalue weighted by Crippen LogP contribution is 2.13. The molecule has 0 saturated heterocycles. The van der Waals surface area contributed by atoms with Crippen LogP contribution in [0.15, 0.2) is 48.5 Å². The van der Waals surface area contributed by atoms with Crippen molar-refractivity contribution in [3.05, 3.63) is 70.8 Å². The number of nitrogens with one attached hydrogen (secondary N) is 1. The van der Waals surface area contributed by atoms with Gasteiger partial charge in [-0.1, -0.05) is 30.3 Å². The summed E-state index contributed by atoms with van der Waals surface area (Å²) in [7, 11) is 0. The fourth-order valence-corrected chi connectivity index (χ4v) is 2.01. The minimum atomic E-state index is -0.669. The van der Waals surface area contributed by atoms with E-state index in [1.807, 2.05) is 19.9 Å². The van der Waals surface area contributed by atoms with Crippen molar-refractivity contribution in [3.8, 4) is 0 Å². The van der Waals surface area contributed by atoms with E-state index in [0.29, 0.717) is 11.1 Å². The number of benzene rings is 2. The van der Waals surface area contributed by atoms with Crippen LogP contribution >= 0.6 is 0 Å². The molecule has 0 radical (unpaired) electrons. The van der Waals surface area contributed by atoms with E-state index in [2.05, 4.69) is 5.32 Å². The predicted molar refractivity (Wildman–Crippen MR) is 85.1 cm³/mol. The Bertz CT molecular complexity index is 738. The van der Waals surface area contributed by atoms with Crippen LogP contribution in [0.5, 0.6) is 0 Å². The van der Waals surface area contributed by atoms with E-state index in [4.69, 9.17) is 4.74 Å². The third-order valence-electron chi connectivity index (χ3n) is 3.45. The van der Waals surface area contributed by atoms with Crippen LogP contribution in [0.1, 0.15) is 31.8 Å². The number of esters is 1. The Morgan fingerprint density at radius 2 is 1.65 bits per heavy atom. The monoisotopic (exact) mass is 311 g/mol. The summed E-state index contributed by atoms with van der Waals surface area (Å²) in [6.45, 7) is 3.19. The number of hydrogen-bond donors (Lipinski definition) is 1. The summed E-state index contributed by atoms with van der Waals surface area (Å²) in [5, 5.41) is 2.17. The predicted octanol–water partition coefficient (Wildman–Crippen LogP) is 2.42. The molecule has 0 atom stereocenters. The topological polar surface area (TPSA) is 72.5 Å². The van der Waals surface area contributed by atoms with Crippen molar-refractivity contribution in [2.75, 3.05) is 6.61 Å². The summed E-state index contributed by atoms with van der Waals surface area (Å²) in [6, 6.07) is 13.6. The Hall–Kier alpha value is -2.95. The summed E-state index contributed by atoms with van der Waals surface area (Å²) in [5.41, 5.74) is 2.54. The molecular weight excluding hydrogens is 294 g/mol. The molecule has 2 amide bonds. The Balaban J connectivity index is 1.90. The minimum absolute atomic E-state index is 0.363. The van der Waals surface area contributed by atoms with Gasteiger partial charge in [-0.25, -0.2) is 4.79 Å². The van der Waals surface area contributed by atoms with Gasteiger partial charge in [0.05, 0.1) is 5.56 Å². The number of hydrogen-bond acceptors (Lipinski definition) is 4. The number of rotatable bonds is 4. The van der Waals surface area contributed by atoms with Gasteiger partial charge in [-0.3, -0.25) is 14.9 Å². The van der Waals surface area contributed by atoms with E-state index < -0.39 is 24.4 Å². The van der Waals surface area contributed by atoms with Crippen LogP contribution in [0.3, 0.4) is 0 Å². The largest absolute Gasteiger partial charge is 0.452 e. The standard InChI is InChI=1S/C18H17NO4/c1-12-7-6-10-15(13(12)2)18(22)23-11-16(20)19-17(21)14-8-4-3-5-9-14/h3-10H,11H2,1-2H3,(H,19,20,21). The number of imide groups is 1. The Morgan fingerprint density at radius 1 is 0.957 bits per heavy atom. The summed E-state index contributed by atoms with van der Waals surface area (Å²) in [4.78, 5) is 35.5. The fourth-order valence-electron chi connectivity index (χ4n) is 2.01. The molecule has 0 spiro atoms. The van der Waals surface area contributed by atoms with Gasteiger partial charge in [0.15, 0.2) is 6.61 Å². The van der Waals surface area contributed by atoms with Crippen LogP contribution in [0.2, 0.25) is 0 Å². The second-order valence-electron chi connectivity index (χ2n) is 5.07. The van der Waals surface area contributed by atoms with Gasteiger partial charge in [-0.15, -0.1) is 0 Å². The van der Waals surface area contributed by atoms with Crippen molar-refractivity contribution >= 4 is 17.8 Å². The molecule has 2 aromatic carbocycles. The van der Waals surface area contributed by atoms with E-state index >= 15 is 0 Å². The molecule has 0 aliphatic rings. The first-order valence-corrected chi connectivity index (χ1v) is 7.11. The molecule has 2 aromatic rings. The van der Waals surface area contributed by atoms with Gasteiger partial charge in [0.25, 0.3) is 11.8 Å². The van der Waals surface area contributed by atoms with Crippen LogP contribution in [0.25, 0.3) is 0 Å².